The second-order valence-electron chi connectivity index (χ2n) is 8.86. The van der Waals surface area contributed by atoms with Crippen molar-refractivity contribution in [2.45, 2.75) is 12.8 Å². The lowest BCUT2D eigenvalue weighted by Gasteiger charge is -2.25. The Morgan fingerprint density at radius 2 is 2.12 bits per heavy atom. The van der Waals surface area contributed by atoms with Crippen molar-refractivity contribution >= 4 is 23.3 Å². The first-order valence-electron chi connectivity index (χ1n) is 11.3. The van der Waals surface area contributed by atoms with Gasteiger partial charge in [-0.2, -0.15) is 0 Å². The monoisotopic (exact) mass is 457 g/mol. The van der Waals surface area contributed by atoms with Crippen molar-refractivity contribution in [3.8, 4) is 17.0 Å². The second-order valence-corrected chi connectivity index (χ2v) is 8.86. The fourth-order valence-corrected chi connectivity index (χ4v) is 4.24. The zero-order valence-electron chi connectivity index (χ0n) is 19.3. The van der Waals surface area contributed by atoms with Gasteiger partial charge >= 0.3 is 0 Å². The van der Waals surface area contributed by atoms with Crippen LogP contribution in [0, 0.1) is 5.92 Å². The third kappa shape index (κ3) is 4.60. The number of pyridine rings is 1. The third-order valence-corrected chi connectivity index (χ3v) is 6.07. The van der Waals surface area contributed by atoms with Crippen LogP contribution in [0.2, 0.25) is 0 Å². The zero-order chi connectivity index (χ0) is 23.7. The molecule has 2 aromatic heterocycles. The zero-order valence-corrected chi connectivity index (χ0v) is 19.3. The van der Waals surface area contributed by atoms with Crippen LogP contribution in [0.4, 0.5) is 11.6 Å². The first-order valence-corrected chi connectivity index (χ1v) is 11.3. The molecule has 0 saturated carbocycles. The molecule has 2 aliphatic heterocycles. The van der Waals surface area contributed by atoms with Crippen LogP contribution in [-0.4, -0.2) is 65.3 Å². The summed E-state index contributed by atoms with van der Waals surface area (Å²) in [6.45, 7) is 1.96. The summed E-state index contributed by atoms with van der Waals surface area (Å²) in [5.41, 5.74) is 11.8. The molecule has 0 fully saturated rings. The van der Waals surface area contributed by atoms with Gasteiger partial charge < -0.3 is 20.7 Å². The van der Waals surface area contributed by atoms with Gasteiger partial charge in [-0.1, -0.05) is 0 Å². The molecular formula is C25H27N7O2. The van der Waals surface area contributed by atoms with Gasteiger partial charge in [0, 0.05) is 54.7 Å². The van der Waals surface area contributed by atoms with E-state index in [1.54, 1.807) is 18.5 Å². The highest BCUT2D eigenvalue weighted by molar-refractivity contribution is 5.97. The Labute approximate surface area is 198 Å². The molecule has 5 rings (SSSR count). The summed E-state index contributed by atoms with van der Waals surface area (Å²) in [5.74, 6) is 1.12. The molecule has 174 valence electrons. The minimum absolute atomic E-state index is 0.0699. The van der Waals surface area contributed by atoms with E-state index >= 15 is 0 Å². The molecule has 1 aromatic carbocycles. The van der Waals surface area contributed by atoms with Gasteiger partial charge in [0.05, 0.1) is 23.7 Å². The Hall–Kier alpha value is -3.85. The molecule has 0 saturated heterocycles. The number of nitrogens with zero attached hydrogens (tertiary/aromatic N) is 5. The van der Waals surface area contributed by atoms with Crippen LogP contribution in [0.1, 0.15) is 21.6 Å². The number of aromatic nitrogens is 3. The summed E-state index contributed by atoms with van der Waals surface area (Å²) in [6.07, 6.45) is 4.89. The van der Waals surface area contributed by atoms with Crippen molar-refractivity contribution in [1.82, 2.24) is 25.2 Å². The summed E-state index contributed by atoms with van der Waals surface area (Å²) in [5, 5.41) is 2.97. The Kier molecular flexibility index (Phi) is 5.93. The number of likely N-dealkylation sites (N-methyl/N-ethyl adjacent to an activating group) is 1. The number of hydrogen-bond acceptors (Lipinski definition) is 8. The highest BCUT2D eigenvalue weighted by Gasteiger charge is 2.29. The number of carbonyl (C=O) groups excluding carboxylic acids is 1. The van der Waals surface area contributed by atoms with Gasteiger partial charge in [0.15, 0.2) is 0 Å². The molecule has 0 bridgehead atoms. The topological polar surface area (TPSA) is 119 Å². The van der Waals surface area contributed by atoms with E-state index in [4.69, 9.17) is 15.5 Å². The summed E-state index contributed by atoms with van der Waals surface area (Å²) in [6, 6.07) is 9.44. The number of nitrogens with two attached hydrogens (primary N) is 1. The molecule has 0 spiro atoms. The maximum absolute atomic E-state index is 12.5. The molecule has 1 unspecified atom stereocenters. The number of rotatable bonds is 6. The van der Waals surface area contributed by atoms with E-state index in [9.17, 15) is 4.79 Å². The molecule has 9 heteroatoms. The first-order chi connectivity index (χ1) is 16.5. The normalized spacial score (nSPS) is 16.4. The highest BCUT2D eigenvalue weighted by atomic mass is 16.5. The fraction of sp³-hybridized carbons (Fsp3) is 0.320. The van der Waals surface area contributed by atoms with Crippen molar-refractivity contribution in [3.63, 3.8) is 0 Å². The number of amides is 1. The molecule has 3 N–H and O–H groups in total. The van der Waals surface area contributed by atoms with Crippen LogP contribution in [0.5, 0.6) is 5.75 Å². The Morgan fingerprint density at radius 3 is 2.94 bits per heavy atom. The fourth-order valence-electron chi connectivity index (χ4n) is 4.24. The lowest BCUT2D eigenvalue weighted by molar-refractivity contribution is 0.0950. The van der Waals surface area contributed by atoms with E-state index in [0.717, 1.165) is 52.6 Å². The van der Waals surface area contributed by atoms with Crippen LogP contribution in [0.15, 0.2) is 47.7 Å². The first kappa shape index (κ1) is 22.0. The van der Waals surface area contributed by atoms with Gasteiger partial charge in [-0.25, -0.2) is 9.97 Å². The van der Waals surface area contributed by atoms with Crippen LogP contribution < -0.4 is 15.8 Å². The van der Waals surface area contributed by atoms with E-state index in [2.05, 4.69) is 20.3 Å². The number of nitrogen functional groups attached to an aromatic ring is 1. The number of ether oxygens (including phenoxy) is 1. The standard InChI is InChI=1S/C25H27N7O2/c1-32(2)8-7-27-24(33)15-3-4-23-16(9-15)10-18(14-34-23)20-12-21-22(30-20)11-17(13-29-21)19-5-6-28-25(26)31-19/h3-6,9,11,13,18H,7-8,10,12,14H2,1-2H3,(H,27,33)(H2,26,28,31). The van der Waals surface area contributed by atoms with Gasteiger partial charge in [-0.3, -0.25) is 14.8 Å². The predicted molar refractivity (Wildman–Crippen MR) is 130 cm³/mol. The third-order valence-electron chi connectivity index (χ3n) is 6.07. The van der Waals surface area contributed by atoms with E-state index in [-0.39, 0.29) is 17.8 Å². The smallest absolute Gasteiger partial charge is 0.251 e. The van der Waals surface area contributed by atoms with Gasteiger partial charge in [0.1, 0.15) is 5.75 Å². The van der Waals surface area contributed by atoms with E-state index in [1.165, 1.54) is 0 Å². The quantitative estimate of drug-likeness (QED) is 0.583. The van der Waals surface area contributed by atoms with Crippen molar-refractivity contribution in [2.75, 3.05) is 39.5 Å². The lowest BCUT2D eigenvalue weighted by Crippen LogP contribution is -2.32. The summed E-state index contributed by atoms with van der Waals surface area (Å²) in [7, 11) is 3.96. The Bertz CT molecular complexity index is 1270. The molecule has 1 amide bonds. The van der Waals surface area contributed by atoms with Crippen molar-refractivity contribution in [2.24, 2.45) is 10.9 Å². The molecule has 2 aliphatic rings. The van der Waals surface area contributed by atoms with Crippen molar-refractivity contribution < 1.29 is 9.53 Å². The maximum Gasteiger partial charge on any atom is 0.251 e. The molecule has 3 aromatic rings. The number of fused-ring (bicyclic) bond motifs is 2. The van der Waals surface area contributed by atoms with Crippen molar-refractivity contribution in [3.05, 3.63) is 59.5 Å². The summed E-state index contributed by atoms with van der Waals surface area (Å²) >= 11 is 0. The highest BCUT2D eigenvalue weighted by Crippen LogP contribution is 2.35. The molecule has 34 heavy (non-hydrogen) atoms. The number of nitrogens with one attached hydrogen (secondary N) is 1. The molecule has 0 radical (unpaired) electrons. The van der Waals surface area contributed by atoms with Crippen LogP contribution >= 0.6 is 0 Å². The minimum atomic E-state index is -0.0699. The number of benzene rings is 1. The number of hydrogen-bond donors (Lipinski definition) is 2. The van der Waals surface area contributed by atoms with Gasteiger partial charge in [-0.05, 0) is 56.4 Å². The lowest BCUT2D eigenvalue weighted by atomic mass is 9.90. The SMILES string of the molecule is CN(C)CCNC(=O)c1ccc2c(c1)CC(C1=Nc3cc(-c4ccnc(N)n4)cnc3C1)CO2. The van der Waals surface area contributed by atoms with Crippen LogP contribution in [0.25, 0.3) is 11.3 Å². The van der Waals surface area contributed by atoms with Crippen molar-refractivity contribution in [1.29, 1.82) is 0 Å². The largest absolute Gasteiger partial charge is 0.493 e. The van der Waals surface area contributed by atoms with Gasteiger partial charge in [-0.15, -0.1) is 0 Å². The van der Waals surface area contributed by atoms with Gasteiger partial charge in [0.25, 0.3) is 5.91 Å². The Balaban J connectivity index is 1.31. The van der Waals surface area contributed by atoms with E-state index in [1.807, 2.05) is 43.3 Å². The van der Waals surface area contributed by atoms with Crippen LogP contribution in [-0.2, 0) is 12.8 Å². The summed E-state index contributed by atoms with van der Waals surface area (Å²) in [4.78, 5) is 32.3. The second kappa shape index (κ2) is 9.18. The molecular weight excluding hydrogens is 430 g/mol. The summed E-state index contributed by atoms with van der Waals surface area (Å²) < 4.78 is 6.03. The maximum atomic E-state index is 12.5. The number of aliphatic imine (C=N–C) groups is 1. The average Bonchev–Trinajstić information content (AvgIpc) is 3.26. The van der Waals surface area contributed by atoms with Gasteiger partial charge in [0.2, 0.25) is 5.95 Å². The number of carbonyl (C=O) groups is 1. The predicted octanol–water partition coefficient (Wildman–Crippen LogP) is 2.29. The minimum Gasteiger partial charge on any atom is -0.493 e. The number of anilines is 1. The molecule has 9 nitrogen and oxygen atoms in total. The average molecular weight is 458 g/mol. The Morgan fingerprint density at radius 1 is 1.24 bits per heavy atom. The van der Waals surface area contributed by atoms with Crippen LogP contribution in [0.3, 0.4) is 0 Å². The molecule has 4 heterocycles. The van der Waals surface area contributed by atoms with E-state index in [0.29, 0.717) is 25.1 Å². The molecule has 1 atom stereocenters. The van der Waals surface area contributed by atoms with E-state index < -0.39 is 0 Å². The molecule has 0 aliphatic carbocycles.